The number of carboxylic acid groups (broad SMARTS) is 1. The van der Waals surface area contributed by atoms with E-state index in [1.54, 1.807) is 4.90 Å². The molecule has 35 heavy (non-hydrogen) atoms. The lowest BCUT2D eigenvalue weighted by atomic mass is 10.00. The van der Waals surface area contributed by atoms with E-state index in [2.05, 4.69) is 0 Å². The number of carboxylic acids is 1. The summed E-state index contributed by atoms with van der Waals surface area (Å²) in [5.41, 5.74) is 6.15. The highest BCUT2D eigenvalue weighted by Crippen LogP contribution is 2.35. The molecule has 4 rings (SSSR count). The number of nitrogens with zero attached hydrogens (tertiary/aromatic N) is 3. The number of carbonyl (C=O) groups excluding carboxylic acids is 1. The molecule has 3 aromatic rings. The molecule has 2 heterocycles. The first kappa shape index (κ1) is 24.5. The molecule has 7 nitrogen and oxygen atoms in total. The van der Waals surface area contributed by atoms with Gasteiger partial charge in [0.15, 0.2) is 5.82 Å². The highest BCUT2D eigenvalue weighted by molar-refractivity contribution is 5.99. The summed E-state index contributed by atoms with van der Waals surface area (Å²) in [6, 6.07) is 16.2. The molecular weight excluding hydrogens is 442 g/mol. The van der Waals surface area contributed by atoms with Crippen LogP contribution in [0.15, 0.2) is 48.5 Å². The van der Waals surface area contributed by atoms with Crippen molar-refractivity contribution in [3.05, 3.63) is 65.4 Å². The predicted octanol–water partition coefficient (Wildman–Crippen LogP) is 4.71. The van der Waals surface area contributed by atoms with Crippen LogP contribution in [0.1, 0.15) is 48.9 Å². The second-order valence-electron chi connectivity index (χ2n) is 9.19. The molecule has 1 atom stereocenters. The standard InChI is InChI=1S/C28H31N3O4/c1-18-8-12-20(13-9-18)25-26(21-14-10-19(2)11-15-21)30-27-22(29-25)17-23(32)28(35)31(27)16-6-4-3-5-7-24(33)34/h8-15,23,32H,3-7,16-17H2,1-2H3,(H,33,34)/t23-/m1/s1. The molecule has 182 valence electrons. The van der Waals surface area contributed by atoms with Gasteiger partial charge >= 0.3 is 5.97 Å². The molecule has 1 aliphatic heterocycles. The normalized spacial score (nSPS) is 15.2. The van der Waals surface area contributed by atoms with Crippen molar-refractivity contribution in [2.24, 2.45) is 0 Å². The second-order valence-corrected chi connectivity index (χ2v) is 9.19. The van der Waals surface area contributed by atoms with Gasteiger partial charge in [-0.05, 0) is 26.7 Å². The van der Waals surface area contributed by atoms with Gasteiger partial charge in [0.05, 0.1) is 17.1 Å². The Bertz CT molecular complexity index is 1210. The third-order valence-electron chi connectivity index (χ3n) is 6.31. The zero-order valence-electron chi connectivity index (χ0n) is 20.2. The van der Waals surface area contributed by atoms with Crippen molar-refractivity contribution in [1.82, 2.24) is 9.97 Å². The largest absolute Gasteiger partial charge is 0.481 e. The number of aliphatic hydroxyl groups excluding tert-OH is 1. The first-order chi connectivity index (χ1) is 16.8. The summed E-state index contributed by atoms with van der Waals surface area (Å²) in [7, 11) is 0. The topological polar surface area (TPSA) is 104 Å². The zero-order valence-corrected chi connectivity index (χ0v) is 20.2. The van der Waals surface area contributed by atoms with Crippen molar-refractivity contribution in [2.75, 3.05) is 11.4 Å². The molecule has 0 saturated carbocycles. The average Bonchev–Trinajstić information content (AvgIpc) is 2.83. The Balaban J connectivity index is 1.70. The fourth-order valence-corrected chi connectivity index (χ4v) is 4.31. The van der Waals surface area contributed by atoms with Gasteiger partial charge < -0.3 is 10.2 Å². The van der Waals surface area contributed by atoms with E-state index in [1.807, 2.05) is 62.4 Å². The summed E-state index contributed by atoms with van der Waals surface area (Å²) < 4.78 is 0. The summed E-state index contributed by atoms with van der Waals surface area (Å²) in [4.78, 5) is 35.1. The number of carbonyl (C=O) groups is 2. The molecule has 2 aromatic carbocycles. The Hall–Kier alpha value is -3.58. The Morgan fingerprint density at radius 2 is 1.43 bits per heavy atom. The average molecular weight is 474 g/mol. The molecular formula is C28H31N3O4. The van der Waals surface area contributed by atoms with Crippen LogP contribution in [0.25, 0.3) is 22.5 Å². The Kier molecular flexibility index (Phi) is 7.56. The van der Waals surface area contributed by atoms with Crippen molar-refractivity contribution in [3.63, 3.8) is 0 Å². The Labute approximate surface area is 205 Å². The highest BCUT2D eigenvalue weighted by atomic mass is 16.4. The van der Waals surface area contributed by atoms with Crippen LogP contribution in [-0.4, -0.2) is 44.7 Å². The van der Waals surface area contributed by atoms with E-state index in [-0.39, 0.29) is 18.7 Å². The molecule has 0 aliphatic carbocycles. The number of benzene rings is 2. The van der Waals surface area contributed by atoms with E-state index in [0.29, 0.717) is 36.6 Å². The summed E-state index contributed by atoms with van der Waals surface area (Å²) in [5, 5.41) is 19.3. The molecule has 0 unspecified atom stereocenters. The van der Waals surface area contributed by atoms with Gasteiger partial charge in [-0.3, -0.25) is 14.5 Å². The van der Waals surface area contributed by atoms with E-state index >= 15 is 0 Å². The number of fused-ring (bicyclic) bond motifs is 1. The quantitative estimate of drug-likeness (QED) is 0.436. The molecule has 0 radical (unpaired) electrons. The molecule has 1 aliphatic rings. The maximum absolute atomic E-state index is 12.9. The van der Waals surface area contributed by atoms with Crippen LogP contribution in [0.3, 0.4) is 0 Å². The molecule has 0 saturated heterocycles. The molecule has 1 amide bonds. The maximum Gasteiger partial charge on any atom is 0.303 e. The van der Waals surface area contributed by atoms with E-state index < -0.39 is 12.1 Å². The molecule has 0 fully saturated rings. The first-order valence-electron chi connectivity index (χ1n) is 12.1. The number of amides is 1. The molecule has 0 spiro atoms. The second kappa shape index (κ2) is 10.8. The lowest BCUT2D eigenvalue weighted by Crippen LogP contribution is -2.46. The molecule has 2 N–H and O–H groups in total. The van der Waals surface area contributed by atoms with Crippen LogP contribution in [0.4, 0.5) is 5.82 Å². The highest BCUT2D eigenvalue weighted by Gasteiger charge is 2.34. The number of unbranched alkanes of at least 4 members (excludes halogenated alkanes) is 3. The van der Waals surface area contributed by atoms with Crippen molar-refractivity contribution in [2.45, 2.75) is 58.5 Å². The van der Waals surface area contributed by atoms with Crippen molar-refractivity contribution in [3.8, 4) is 22.5 Å². The van der Waals surface area contributed by atoms with Gasteiger partial charge in [-0.2, -0.15) is 0 Å². The van der Waals surface area contributed by atoms with E-state index in [1.165, 1.54) is 0 Å². The lowest BCUT2D eigenvalue weighted by molar-refractivity contribution is -0.137. The zero-order chi connectivity index (χ0) is 24.9. The minimum absolute atomic E-state index is 0.128. The smallest absolute Gasteiger partial charge is 0.303 e. The third-order valence-corrected chi connectivity index (χ3v) is 6.31. The van der Waals surface area contributed by atoms with Crippen LogP contribution in [0.5, 0.6) is 0 Å². The van der Waals surface area contributed by atoms with Gasteiger partial charge in [-0.15, -0.1) is 0 Å². The maximum atomic E-state index is 12.9. The number of aliphatic hydroxyl groups is 1. The van der Waals surface area contributed by atoms with Gasteiger partial charge in [-0.25, -0.2) is 9.97 Å². The summed E-state index contributed by atoms with van der Waals surface area (Å²) >= 11 is 0. The fraction of sp³-hybridized carbons (Fsp3) is 0.357. The van der Waals surface area contributed by atoms with Crippen molar-refractivity contribution in [1.29, 1.82) is 0 Å². The number of aryl methyl sites for hydroxylation is 2. The van der Waals surface area contributed by atoms with Crippen molar-refractivity contribution >= 4 is 17.7 Å². The Morgan fingerprint density at radius 1 is 0.886 bits per heavy atom. The number of hydrogen-bond donors (Lipinski definition) is 2. The van der Waals surface area contributed by atoms with Crippen LogP contribution >= 0.6 is 0 Å². The SMILES string of the molecule is Cc1ccc(-c2nc3c(nc2-c2ccc(C)cc2)N(CCCCCCC(=O)O)C(=O)[C@H](O)C3)cc1. The minimum atomic E-state index is -1.15. The van der Waals surface area contributed by atoms with E-state index in [0.717, 1.165) is 40.8 Å². The Morgan fingerprint density at radius 3 is 2.00 bits per heavy atom. The first-order valence-corrected chi connectivity index (χ1v) is 12.1. The molecule has 7 heteroatoms. The third kappa shape index (κ3) is 5.74. The van der Waals surface area contributed by atoms with Gasteiger partial charge in [0.1, 0.15) is 6.10 Å². The van der Waals surface area contributed by atoms with Gasteiger partial charge in [0.25, 0.3) is 5.91 Å². The van der Waals surface area contributed by atoms with Crippen molar-refractivity contribution < 1.29 is 19.8 Å². The molecule has 1 aromatic heterocycles. The predicted molar refractivity (Wildman–Crippen MR) is 135 cm³/mol. The summed E-state index contributed by atoms with van der Waals surface area (Å²) in [5.74, 6) is -0.663. The van der Waals surface area contributed by atoms with E-state index in [4.69, 9.17) is 15.1 Å². The van der Waals surface area contributed by atoms with Crippen LogP contribution < -0.4 is 4.90 Å². The fourth-order valence-electron chi connectivity index (χ4n) is 4.31. The number of aromatic nitrogens is 2. The summed E-state index contributed by atoms with van der Waals surface area (Å²) in [6.07, 6.45) is 2.00. The number of hydrogen-bond acceptors (Lipinski definition) is 5. The van der Waals surface area contributed by atoms with Crippen LogP contribution in [0, 0.1) is 13.8 Å². The van der Waals surface area contributed by atoms with Crippen LogP contribution in [-0.2, 0) is 16.0 Å². The number of anilines is 1. The summed E-state index contributed by atoms with van der Waals surface area (Å²) in [6.45, 7) is 4.47. The van der Waals surface area contributed by atoms with Gasteiger partial charge in [-0.1, -0.05) is 72.5 Å². The van der Waals surface area contributed by atoms with Crippen LogP contribution in [0.2, 0.25) is 0 Å². The molecule has 0 bridgehead atoms. The number of aliphatic carboxylic acids is 1. The van der Waals surface area contributed by atoms with Gasteiger partial charge in [0, 0.05) is 30.5 Å². The minimum Gasteiger partial charge on any atom is -0.481 e. The van der Waals surface area contributed by atoms with Gasteiger partial charge in [0.2, 0.25) is 0 Å². The monoisotopic (exact) mass is 473 g/mol. The number of rotatable bonds is 9. The van der Waals surface area contributed by atoms with E-state index in [9.17, 15) is 14.7 Å². The lowest BCUT2D eigenvalue weighted by Gasteiger charge is -2.31.